The summed E-state index contributed by atoms with van der Waals surface area (Å²) in [7, 11) is 0. The van der Waals surface area contributed by atoms with Crippen LogP contribution < -0.4 is 10.6 Å². The molecule has 15 heavy (non-hydrogen) atoms. The fraction of sp³-hybridized carbons (Fsp3) is 0.600. The van der Waals surface area contributed by atoms with Crippen LogP contribution in [0.1, 0.15) is 20.3 Å². The number of amides is 2. The van der Waals surface area contributed by atoms with E-state index in [4.69, 9.17) is 11.5 Å². The number of carboxylic acid groups (broad SMARTS) is 1. The lowest BCUT2D eigenvalue weighted by atomic mass is 10.1. The molecule has 5 nitrogen and oxygen atoms in total. The summed E-state index contributed by atoms with van der Waals surface area (Å²) in [6, 6.07) is -1.39. The highest BCUT2D eigenvalue weighted by molar-refractivity contribution is 5.82. The smallest absolute Gasteiger partial charge is 0.326 e. The van der Waals surface area contributed by atoms with Gasteiger partial charge in [-0.25, -0.2) is 9.59 Å². The predicted octanol–water partition coefficient (Wildman–Crippen LogP) is 0.418. The van der Waals surface area contributed by atoms with Gasteiger partial charge in [0.05, 0.1) is 0 Å². The van der Waals surface area contributed by atoms with Crippen molar-refractivity contribution in [3.8, 4) is 12.3 Å². The van der Waals surface area contributed by atoms with Gasteiger partial charge in [-0.05, 0) is 5.92 Å². The molecule has 0 heterocycles. The van der Waals surface area contributed by atoms with Crippen molar-refractivity contribution in [2.45, 2.75) is 26.3 Å². The van der Waals surface area contributed by atoms with E-state index in [0.717, 1.165) is 0 Å². The molecular weight excluding hydrogens is 196 g/mol. The number of carbonyl (C=O) groups is 2. The van der Waals surface area contributed by atoms with E-state index in [2.05, 4.69) is 16.6 Å². The fourth-order valence-electron chi connectivity index (χ4n) is 0.954. The van der Waals surface area contributed by atoms with E-state index in [-0.39, 0.29) is 5.92 Å². The molecule has 5 heteroatoms. The van der Waals surface area contributed by atoms with Crippen LogP contribution in [0.25, 0.3) is 0 Å². The zero-order chi connectivity index (χ0) is 11.8. The molecule has 1 atom stereocenters. The zero-order valence-corrected chi connectivity index (χ0v) is 8.91. The summed E-state index contributed by atoms with van der Waals surface area (Å²) in [4.78, 5) is 21.9. The minimum absolute atomic E-state index is 0.166. The van der Waals surface area contributed by atoms with E-state index in [1.165, 1.54) is 0 Å². The summed E-state index contributed by atoms with van der Waals surface area (Å²) in [6.07, 6.45) is 5.42. The molecular formula is C10H16N2O3. The lowest BCUT2D eigenvalue weighted by Gasteiger charge is -2.17. The molecule has 3 N–H and O–H groups in total. The average Bonchev–Trinajstić information content (AvgIpc) is 2.13. The second-order valence-corrected chi connectivity index (χ2v) is 3.41. The Bertz CT molecular complexity index is 268. The number of aliphatic carboxylic acids is 1. The summed E-state index contributed by atoms with van der Waals surface area (Å²) in [5, 5.41) is 13.6. The SMILES string of the molecule is C#CCCNC(=O)N[C@@H](C(=O)O)C(C)C. The number of rotatable bonds is 5. The number of carbonyl (C=O) groups excluding carboxylic acids is 1. The van der Waals surface area contributed by atoms with Gasteiger partial charge in [0.25, 0.3) is 0 Å². The van der Waals surface area contributed by atoms with Crippen molar-refractivity contribution < 1.29 is 14.7 Å². The highest BCUT2D eigenvalue weighted by Gasteiger charge is 2.22. The van der Waals surface area contributed by atoms with Crippen LogP contribution in [-0.2, 0) is 4.79 Å². The summed E-state index contributed by atoms with van der Waals surface area (Å²) >= 11 is 0. The zero-order valence-electron chi connectivity index (χ0n) is 8.91. The minimum Gasteiger partial charge on any atom is -0.480 e. The summed E-state index contributed by atoms with van der Waals surface area (Å²) in [5.41, 5.74) is 0. The van der Waals surface area contributed by atoms with Crippen LogP contribution in [0.5, 0.6) is 0 Å². The van der Waals surface area contributed by atoms with Crippen molar-refractivity contribution in [3.63, 3.8) is 0 Å². The largest absolute Gasteiger partial charge is 0.480 e. The van der Waals surface area contributed by atoms with E-state index in [1.807, 2.05) is 0 Å². The topological polar surface area (TPSA) is 78.4 Å². The summed E-state index contributed by atoms with van der Waals surface area (Å²) in [5.74, 6) is 1.15. The number of carboxylic acids is 1. The third kappa shape index (κ3) is 5.57. The maximum atomic E-state index is 11.2. The molecule has 0 saturated heterocycles. The number of terminal acetylenes is 1. The van der Waals surface area contributed by atoms with Gasteiger partial charge in [-0.2, -0.15) is 0 Å². The first-order valence-electron chi connectivity index (χ1n) is 4.69. The molecule has 0 bridgehead atoms. The first-order valence-corrected chi connectivity index (χ1v) is 4.69. The van der Waals surface area contributed by atoms with Gasteiger partial charge >= 0.3 is 12.0 Å². The monoisotopic (exact) mass is 212 g/mol. The minimum atomic E-state index is -1.04. The Morgan fingerprint density at radius 3 is 2.47 bits per heavy atom. The molecule has 0 rings (SSSR count). The average molecular weight is 212 g/mol. The van der Waals surface area contributed by atoms with E-state index < -0.39 is 18.0 Å². The molecule has 0 spiro atoms. The van der Waals surface area contributed by atoms with Crippen molar-refractivity contribution in [3.05, 3.63) is 0 Å². The van der Waals surface area contributed by atoms with Gasteiger partial charge in [-0.3, -0.25) is 0 Å². The molecule has 0 aromatic rings. The van der Waals surface area contributed by atoms with Crippen molar-refractivity contribution in [2.24, 2.45) is 5.92 Å². The van der Waals surface area contributed by atoms with Crippen molar-refractivity contribution >= 4 is 12.0 Å². The highest BCUT2D eigenvalue weighted by atomic mass is 16.4. The molecule has 0 aromatic carbocycles. The Morgan fingerprint density at radius 2 is 2.07 bits per heavy atom. The molecule has 84 valence electrons. The second kappa shape index (κ2) is 6.71. The lowest BCUT2D eigenvalue weighted by molar-refractivity contribution is -0.140. The Labute approximate surface area is 89.2 Å². The van der Waals surface area contributed by atoms with Crippen LogP contribution >= 0.6 is 0 Å². The van der Waals surface area contributed by atoms with E-state index >= 15 is 0 Å². The van der Waals surface area contributed by atoms with Crippen LogP contribution in [0, 0.1) is 18.3 Å². The Balaban J connectivity index is 4.02. The van der Waals surface area contributed by atoms with Gasteiger partial charge < -0.3 is 15.7 Å². The molecule has 0 unspecified atom stereocenters. The van der Waals surface area contributed by atoms with Gasteiger partial charge in [-0.1, -0.05) is 13.8 Å². The van der Waals surface area contributed by atoms with E-state index in [0.29, 0.717) is 13.0 Å². The van der Waals surface area contributed by atoms with Crippen LogP contribution in [0.15, 0.2) is 0 Å². The normalized spacial score (nSPS) is 11.6. The maximum absolute atomic E-state index is 11.2. The number of hydrogen-bond acceptors (Lipinski definition) is 2. The lowest BCUT2D eigenvalue weighted by Crippen LogP contribution is -2.48. The van der Waals surface area contributed by atoms with Crippen LogP contribution in [-0.4, -0.2) is 29.7 Å². The van der Waals surface area contributed by atoms with Crippen molar-refractivity contribution in [2.75, 3.05) is 6.54 Å². The molecule has 0 aliphatic heterocycles. The Kier molecular flexibility index (Phi) is 5.95. The quantitative estimate of drug-likeness (QED) is 0.456. The molecule has 2 amide bonds. The van der Waals surface area contributed by atoms with E-state index in [1.54, 1.807) is 13.8 Å². The van der Waals surface area contributed by atoms with Crippen molar-refractivity contribution in [1.82, 2.24) is 10.6 Å². The van der Waals surface area contributed by atoms with Crippen LogP contribution in [0.4, 0.5) is 4.79 Å². The van der Waals surface area contributed by atoms with Crippen LogP contribution in [0.3, 0.4) is 0 Å². The van der Waals surface area contributed by atoms with E-state index in [9.17, 15) is 9.59 Å². The van der Waals surface area contributed by atoms with Crippen molar-refractivity contribution in [1.29, 1.82) is 0 Å². The second-order valence-electron chi connectivity index (χ2n) is 3.41. The highest BCUT2D eigenvalue weighted by Crippen LogP contribution is 2.00. The molecule has 0 radical (unpaired) electrons. The van der Waals surface area contributed by atoms with Gasteiger partial charge in [-0.15, -0.1) is 12.3 Å². The fourth-order valence-corrected chi connectivity index (χ4v) is 0.954. The molecule has 0 aliphatic rings. The maximum Gasteiger partial charge on any atom is 0.326 e. The molecule has 0 aromatic heterocycles. The number of hydrogen-bond donors (Lipinski definition) is 3. The standard InChI is InChI=1S/C10H16N2O3/c1-4-5-6-11-10(15)12-8(7(2)3)9(13)14/h1,7-8H,5-6H2,2-3H3,(H,13,14)(H2,11,12,15)/t8-/m1/s1. The summed E-state index contributed by atoms with van der Waals surface area (Å²) in [6.45, 7) is 3.79. The van der Waals surface area contributed by atoms with Crippen LogP contribution in [0.2, 0.25) is 0 Å². The Morgan fingerprint density at radius 1 is 1.47 bits per heavy atom. The first kappa shape index (κ1) is 13.3. The number of nitrogens with one attached hydrogen (secondary N) is 2. The first-order chi connectivity index (χ1) is 6.99. The third-order valence-electron chi connectivity index (χ3n) is 1.77. The number of urea groups is 1. The third-order valence-corrected chi connectivity index (χ3v) is 1.77. The summed E-state index contributed by atoms with van der Waals surface area (Å²) < 4.78 is 0. The van der Waals surface area contributed by atoms with Gasteiger partial charge in [0, 0.05) is 13.0 Å². The van der Waals surface area contributed by atoms with Gasteiger partial charge in [0.2, 0.25) is 0 Å². The molecule has 0 saturated carbocycles. The van der Waals surface area contributed by atoms with Gasteiger partial charge in [0.1, 0.15) is 6.04 Å². The predicted molar refractivity (Wildman–Crippen MR) is 56.2 cm³/mol. The molecule has 0 aliphatic carbocycles. The Hall–Kier alpha value is -1.70. The van der Waals surface area contributed by atoms with Gasteiger partial charge in [0.15, 0.2) is 0 Å². The molecule has 0 fully saturated rings.